The fourth-order valence-electron chi connectivity index (χ4n) is 3.18. The van der Waals surface area contributed by atoms with E-state index in [4.69, 9.17) is 4.99 Å². The second kappa shape index (κ2) is 6.13. The van der Waals surface area contributed by atoms with Gasteiger partial charge in [-0.05, 0) is 41.3 Å². The van der Waals surface area contributed by atoms with Crippen LogP contribution in [-0.4, -0.2) is 5.71 Å². The first-order chi connectivity index (χ1) is 11.3. The Hall–Kier alpha value is -2.19. The van der Waals surface area contributed by atoms with Crippen molar-refractivity contribution < 1.29 is 0 Å². The minimum atomic E-state index is 0.315. The summed E-state index contributed by atoms with van der Waals surface area (Å²) in [5.41, 5.74) is 6.15. The Morgan fingerprint density at radius 2 is 1.48 bits per heavy atom. The van der Waals surface area contributed by atoms with Crippen molar-refractivity contribution in [1.82, 2.24) is 0 Å². The molecule has 1 nitrogen and oxygen atoms in total. The van der Waals surface area contributed by atoms with Gasteiger partial charge in [-0.2, -0.15) is 0 Å². The molecule has 1 aliphatic rings. The van der Waals surface area contributed by atoms with Gasteiger partial charge in [0, 0.05) is 10.4 Å². The zero-order chi connectivity index (χ0) is 15.6. The molecule has 1 aliphatic heterocycles. The quantitative estimate of drug-likeness (QED) is 0.549. The summed E-state index contributed by atoms with van der Waals surface area (Å²) in [6.45, 7) is 0. The lowest BCUT2D eigenvalue weighted by Crippen LogP contribution is -2.12. The summed E-state index contributed by atoms with van der Waals surface area (Å²) < 4.78 is 1.09. The Morgan fingerprint density at radius 1 is 0.783 bits per heavy atom. The van der Waals surface area contributed by atoms with Crippen LogP contribution in [-0.2, 0) is 6.42 Å². The number of fused-ring (bicyclic) bond motifs is 1. The molecule has 0 aliphatic carbocycles. The first-order valence-corrected chi connectivity index (χ1v) is 8.58. The average molecular weight is 362 g/mol. The molecule has 3 aromatic carbocycles. The molecule has 0 N–H and O–H groups in total. The van der Waals surface area contributed by atoms with Crippen molar-refractivity contribution in [1.29, 1.82) is 0 Å². The summed E-state index contributed by atoms with van der Waals surface area (Å²) in [5, 5.41) is 0. The Balaban J connectivity index is 1.76. The van der Waals surface area contributed by atoms with Crippen LogP contribution < -0.4 is 0 Å². The van der Waals surface area contributed by atoms with Crippen LogP contribution in [0.4, 0.5) is 5.69 Å². The second-order valence-corrected chi connectivity index (χ2v) is 6.72. The largest absolute Gasteiger partial charge is 0.252 e. The molecule has 1 heterocycles. The highest BCUT2D eigenvalue weighted by molar-refractivity contribution is 9.10. The molecule has 4 rings (SSSR count). The van der Waals surface area contributed by atoms with Gasteiger partial charge in [0.25, 0.3) is 0 Å². The van der Waals surface area contributed by atoms with Gasteiger partial charge in [-0.15, -0.1) is 0 Å². The van der Waals surface area contributed by atoms with Crippen LogP contribution in [0.1, 0.15) is 22.6 Å². The highest BCUT2D eigenvalue weighted by atomic mass is 79.9. The Morgan fingerprint density at radius 3 is 2.26 bits per heavy atom. The van der Waals surface area contributed by atoms with E-state index in [1.165, 1.54) is 22.4 Å². The molecule has 0 radical (unpaired) electrons. The molecule has 0 bridgehead atoms. The smallest absolute Gasteiger partial charge is 0.0672 e. The zero-order valence-electron chi connectivity index (χ0n) is 12.6. The molecule has 3 aromatic rings. The maximum Gasteiger partial charge on any atom is 0.0672 e. The van der Waals surface area contributed by atoms with Crippen molar-refractivity contribution in [3.63, 3.8) is 0 Å². The molecule has 1 atom stereocenters. The highest BCUT2D eigenvalue weighted by Crippen LogP contribution is 2.39. The van der Waals surface area contributed by atoms with E-state index in [0.29, 0.717) is 5.92 Å². The summed E-state index contributed by atoms with van der Waals surface area (Å²) in [6, 6.07) is 27.6. The summed E-state index contributed by atoms with van der Waals surface area (Å²) in [5.74, 6) is 0.315. The number of para-hydroxylation sites is 1. The third kappa shape index (κ3) is 2.87. The number of benzene rings is 3. The lowest BCUT2D eigenvalue weighted by atomic mass is 9.86. The number of hydrogen-bond acceptors (Lipinski definition) is 1. The number of aliphatic imine (C=N–C) groups is 1. The van der Waals surface area contributed by atoms with E-state index in [1.807, 2.05) is 0 Å². The number of nitrogens with zero attached hydrogens (tertiary/aromatic N) is 1. The van der Waals surface area contributed by atoms with Crippen LogP contribution in [0, 0.1) is 0 Å². The maximum absolute atomic E-state index is 4.93. The maximum atomic E-state index is 4.93. The van der Waals surface area contributed by atoms with Crippen LogP contribution in [0.2, 0.25) is 0 Å². The second-order valence-electron chi connectivity index (χ2n) is 5.81. The highest BCUT2D eigenvalue weighted by Gasteiger charge is 2.28. The number of halogens is 1. The van der Waals surface area contributed by atoms with E-state index >= 15 is 0 Å². The number of rotatable bonds is 3. The van der Waals surface area contributed by atoms with Crippen LogP contribution >= 0.6 is 15.9 Å². The van der Waals surface area contributed by atoms with Gasteiger partial charge in [-0.25, -0.2) is 0 Å². The van der Waals surface area contributed by atoms with Crippen molar-refractivity contribution in [3.8, 4) is 0 Å². The molecule has 0 amide bonds. The van der Waals surface area contributed by atoms with E-state index < -0.39 is 0 Å². The topological polar surface area (TPSA) is 12.4 Å². The predicted octanol–water partition coefficient (Wildman–Crippen LogP) is 5.91. The lowest BCUT2D eigenvalue weighted by molar-refractivity contribution is 0.897. The molecular weight excluding hydrogens is 346 g/mol. The molecule has 2 heteroatoms. The van der Waals surface area contributed by atoms with E-state index in [0.717, 1.165) is 16.6 Å². The molecule has 0 saturated heterocycles. The monoisotopic (exact) mass is 361 g/mol. The molecule has 0 fully saturated rings. The molecular formula is C21H16BrN. The zero-order valence-corrected chi connectivity index (χ0v) is 14.2. The fraction of sp³-hybridized carbons (Fsp3) is 0.0952. The van der Waals surface area contributed by atoms with Gasteiger partial charge in [0.05, 0.1) is 11.4 Å². The molecule has 112 valence electrons. The van der Waals surface area contributed by atoms with E-state index in [2.05, 4.69) is 94.8 Å². The van der Waals surface area contributed by atoms with Crippen molar-refractivity contribution in [2.24, 2.45) is 4.99 Å². The minimum Gasteiger partial charge on any atom is -0.252 e. The Bertz CT molecular complexity index is 851. The van der Waals surface area contributed by atoms with Gasteiger partial charge in [0.15, 0.2) is 0 Å². The SMILES string of the molecule is Brc1ccc(C2=Nc3ccccc3C2Cc2ccccc2)cc1. The number of hydrogen-bond donors (Lipinski definition) is 0. The normalized spacial score (nSPS) is 16.0. The summed E-state index contributed by atoms with van der Waals surface area (Å²) in [6.07, 6.45) is 0.979. The lowest BCUT2D eigenvalue weighted by Gasteiger charge is -2.15. The Kier molecular flexibility index (Phi) is 3.84. The molecule has 0 saturated carbocycles. The Labute approximate surface area is 144 Å². The fourth-order valence-corrected chi connectivity index (χ4v) is 3.45. The third-order valence-corrected chi connectivity index (χ3v) is 4.83. The first kappa shape index (κ1) is 14.4. The average Bonchev–Trinajstić information content (AvgIpc) is 2.95. The van der Waals surface area contributed by atoms with Gasteiger partial charge in [0.1, 0.15) is 0 Å². The summed E-state index contributed by atoms with van der Waals surface area (Å²) >= 11 is 3.51. The molecule has 1 unspecified atom stereocenters. The van der Waals surface area contributed by atoms with Gasteiger partial charge in [-0.1, -0.05) is 76.6 Å². The predicted molar refractivity (Wildman–Crippen MR) is 99.7 cm³/mol. The standard InChI is InChI=1S/C21H16BrN/c22-17-12-10-16(11-13-17)21-19(14-15-6-2-1-3-7-15)18-8-4-5-9-20(18)23-21/h1-13,19H,14H2. The van der Waals surface area contributed by atoms with E-state index in [-0.39, 0.29) is 0 Å². The van der Waals surface area contributed by atoms with E-state index in [1.54, 1.807) is 0 Å². The van der Waals surface area contributed by atoms with E-state index in [9.17, 15) is 0 Å². The van der Waals surface area contributed by atoms with Crippen molar-refractivity contribution in [2.45, 2.75) is 12.3 Å². The van der Waals surface area contributed by atoms with Gasteiger partial charge >= 0.3 is 0 Å². The molecule has 0 spiro atoms. The van der Waals surface area contributed by atoms with Gasteiger partial charge < -0.3 is 0 Å². The van der Waals surface area contributed by atoms with Crippen LogP contribution in [0.3, 0.4) is 0 Å². The van der Waals surface area contributed by atoms with Gasteiger partial charge in [0.2, 0.25) is 0 Å². The van der Waals surface area contributed by atoms with Crippen molar-refractivity contribution >= 4 is 27.3 Å². The van der Waals surface area contributed by atoms with Crippen molar-refractivity contribution in [2.75, 3.05) is 0 Å². The minimum absolute atomic E-state index is 0.315. The van der Waals surface area contributed by atoms with Crippen molar-refractivity contribution in [3.05, 3.63) is 100 Å². The third-order valence-electron chi connectivity index (χ3n) is 4.31. The molecule has 0 aromatic heterocycles. The first-order valence-electron chi connectivity index (χ1n) is 7.78. The summed E-state index contributed by atoms with van der Waals surface area (Å²) in [7, 11) is 0. The summed E-state index contributed by atoms with van der Waals surface area (Å²) in [4.78, 5) is 4.93. The van der Waals surface area contributed by atoms with Crippen LogP contribution in [0.25, 0.3) is 0 Å². The van der Waals surface area contributed by atoms with Gasteiger partial charge in [-0.3, -0.25) is 4.99 Å². The van der Waals surface area contributed by atoms with Crippen LogP contribution in [0.5, 0.6) is 0 Å². The molecule has 23 heavy (non-hydrogen) atoms. The van der Waals surface area contributed by atoms with Crippen LogP contribution in [0.15, 0.2) is 88.3 Å².